The molecule has 0 atom stereocenters. The molecule has 0 fully saturated rings. The van der Waals surface area contributed by atoms with Crippen LogP contribution in [0.3, 0.4) is 0 Å². The Balaban J connectivity index is 1.96. The van der Waals surface area contributed by atoms with Gasteiger partial charge in [0.2, 0.25) is 0 Å². The van der Waals surface area contributed by atoms with Crippen LogP contribution in [0.25, 0.3) is 5.57 Å². The highest BCUT2D eigenvalue weighted by atomic mass is 35.5. The van der Waals surface area contributed by atoms with Crippen molar-refractivity contribution >= 4 is 22.9 Å². The van der Waals surface area contributed by atoms with E-state index in [9.17, 15) is 0 Å². The predicted molar refractivity (Wildman–Crippen MR) is 92.6 cm³/mol. The number of allylic oxidation sites excluding steroid dienone is 3. The second-order valence-electron chi connectivity index (χ2n) is 5.33. The second kappa shape index (κ2) is 5.82. The van der Waals surface area contributed by atoms with Crippen molar-refractivity contribution in [2.45, 2.75) is 13.8 Å². The summed E-state index contributed by atoms with van der Waals surface area (Å²) in [6, 6.07) is 13.6. The van der Waals surface area contributed by atoms with Gasteiger partial charge in [-0.05, 0) is 48.3 Å². The summed E-state index contributed by atoms with van der Waals surface area (Å²) in [6.07, 6.45) is 1.99. The number of hydrogen-bond acceptors (Lipinski definition) is 2. The van der Waals surface area contributed by atoms with Crippen LogP contribution < -0.4 is 4.84 Å². The van der Waals surface area contributed by atoms with Crippen LogP contribution in [-0.2, 0) is 0 Å². The van der Waals surface area contributed by atoms with Crippen LogP contribution >= 0.6 is 11.6 Å². The number of rotatable bonds is 2. The summed E-state index contributed by atoms with van der Waals surface area (Å²) in [5, 5.41) is 4.96. The molecule has 2 nitrogen and oxygen atoms in total. The smallest absolute Gasteiger partial charge is 0.159 e. The maximum Gasteiger partial charge on any atom is 0.159 e. The van der Waals surface area contributed by atoms with Crippen molar-refractivity contribution in [3.63, 3.8) is 0 Å². The van der Waals surface area contributed by atoms with E-state index < -0.39 is 0 Å². The van der Waals surface area contributed by atoms with Crippen molar-refractivity contribution in [2.24, 2.45) is 5.16 Å². The van der Waals surface area contributed by atoms with Gasteiger partial charge in [0, 0.05) is 16.7 Å². The molecule has 1 aliphatic carbocycles. The lowest BCUT2D eigenvalue weighted by atomic mass is 9.87. The number of benzene rings is 2. The van der Waals surface area contributed by atoms with Gasteiger partial charge < -0.3 is 4.84 Å². The molecule has 0 saturated carbocycles. The van der Waals surface area contributed by atoms with E-state index in [1.807, 2.05) is 56.3 Å². The minimum absolute atomic E-state index is 0.621. The van der Waals surface area contributed by atoms with E-state index in [-0.39, 0.29) is 0 Å². The van der Waals surface area contributed by atoms with Gasteiger partial charge in [0.25, 0.3) is 0 Å². The molecule has 0 saturated heterocycles. The molecule has 0 unspecified atom stereocenters. The molecule has 0 radical (unpaired) electrons. The van der Waals surface area contributed by atoms with Crippen LogP contribution in [0.15, 0.2) is 65.8 Å². The predicted octanol–water partition coefficient (Wildman–Crippen LogP) is 5.40. The SMILES string of the molecule is C=C1C(C)=C/C(=N\Oc2ccc(C)c(Cl)c2)c2ccccc21. The molecule has 0 bridgehead atoms. The van der Waals surface area contributed by atoms with Crippen molar-refractivity contribution in [1.82, 2.24) is 0 Å². The number of oxime groups is 1. The monoisotopic (exact) mass is 309 g/mol. The Morgan fingerprint density at radius 3 is 2.50 bits per heavy atom. The fourth-order valence-electron chi connectivity index (χ4n) is 2.36. The number of halogens is 1. The Bertz CT molecular complexity index is 818. The molecular weight excluding hydrogens is 294 g/mol. The average molecular weight is 310 g/mol. The van der Waals surface area contributed by atoms with Crippen LogP contribution in [0.1, 0.15) is 23.6 Å². The fraction of sp³-hybridized carbons (Fsp3) is 0.105. The summed E-state index contributed by atoms with van der Waals surface area (Å²) in [5.41, 5.74) is 6.02. The van der Waals surface area contributed by atoms with Crippen LogP contribution in [-0.4, -0.2) is 5.71 Å². The molecule has 2 aromatic rings. The summed E-state index contributed by atoms with van der Waals surface area (Å²) in [7, 11) is 0. The third-order valence-electron chi connectivity index (χ3n) is 3.75. The highest BCUT2D eigenvalue weighted by Gasteiger charge is 2.17. The van der Waals surface area contributed by atoms with Crippen molar-refractivity contribution in [3.8, 4) is 5.75 Å². The van der Waals surface area contributed by atoms with Gasteiger partial charge in [0.1, 0.15) is 5.71 Å². The minimum atomic E-state index is 0.621. The quantitative estimate of drug-likeness (QED) is 0.680. The lowest BCUT2D eigenvalue weighted by molar-refractivity contribution is 0.342. The summed E-state index contributed by atoms with van der Waals surface area (Å²) < 4.78 is 0. The summed E-state index contributed by atoms with van der Waals surface area (Å²) in [4.78, 5) is 5.55. The molecule has 0 amide bonds. The molecule has 0 aromatic heterocycles. The molecule has 3 heteroatoms. The number of hydrogen-bond donors (Lipinski definition) is 0. The van der Waals surface area contributed by atoms with Gasteiger partial charge >= 0.3 is 0 Å². The highest BCUT2D eigenvalue weighted by molar-refractivity contribution is 6.31. The van der Waals surface area contributed by atoms with Crippen LogP contribution in [0, 0.1) is 6.92 Å². The van der Waals surface area contributed by atoms with Crippen LogP contribution in [0.2, 0.25) is 5.02 Å². The van der Waals surface area contributed by atoms with Crippen molar-refractivity contribution in [3.05, 3.63) is 82.4 Å². The standard InChI is InChI=1S/C19H16ClNO/c1-12-8-9-15(11-18(12)20)22-21-19-10-13(2)14(3)16-6-4-5-7-17(16)19/h4-11H,3H2,1-2H3/b21-19+. The van der Waals surface area contributed by atoms with Gasteiger partial charge in [-0.25, -0.2) is 0 Å². The lowest BCUT2D eigenvalue weighted by Gasteiger charge is -2.18. The third kappa shape index (κ3) is 2.70. The van der Waals surface area contributed by atoms with E-state index in [2.05, 4.69) is 11.7 Å². The Morgan fingerprint density at radius 2 is 1.77 bits per heavy atom. The zero-order chi connectivity index (χ0) is 15.7. The highest BCUT2D eigenvalue weighted by Crippen LogP contribution is 2.30. The van der Waals surface area contributed by atoms with Gasteiger partial charge in [-0.3, -0.25) is 0 Å². The van der Waals surface area contributed by atoms with E-state index in [0.29, 0.717) is 10.8 Å². The first-order valence-corrected chi connectivity index (χ1v) is 7.42. The minimum Gasteiger partial charge on any atom is -0.356 e. The van der Waals surface area contributed by atoms with Gasteiger partial charge in [-0.2, -0.15) is 0 Å². The molecule has 2 aromatic carbocycles. The van der Waals surface area contributed by atoms with Gasteiger partial charge in [-0.1, -0.05) is 53.7 Å². The molecule has 1 aliphatic rings. The Morgan fingerprint density at radius 1 is 1.05 bits per heavy atom. The molecular formula is C19H16ClNO. The van der Waals surface area contributed by atoms with Gasteiger partial charge in [-0.15, -0.1) is 0 Å². The summed E-state index contributed by atoms with van der Waals surface area (Å²) >= 11 is 6.11. The van der Waals surface area contributed by atoms with E-state index >= 15 is 0 Å². The first kappa shape index (κ1) is 14.6. The van der Waals surface area contributed by atoms with E-state index in [4.69, 9.17) is 16.4 Å². The van der Waals surface area contributed by atoms with Crippen molar-refractivity contribution in [1.29, 1.82) is 0 Å². The van der Waals surface area contributed by atoms with E-state index in [1.54, 1.807) is 6.07 Å². The lowest BCUT2D eigenvalue weighted by Crippen LogP contribution is -2.09. The Kier molecular flexibility index (Phi) is 3.86. The topological polar surface area (TPSA) is 21.6 Å². The van der Waals surface area contributed by atoms with E-state index in [1.165, 1.54) is 0 Å². The zero-order valence-corrected chi connectivity index (χ0v) is 13.3. The summed E-state index contributed by atoms with van der Waals surface area (Å²) in [6.45, 7) is 8.10. The van der Waals surface area contributed by atoms with Gasteiger partial charge in [0.15, 0.2) is 5.75 Å². The second-order valence-corrected chi connectivity index (χ2v) is 5.74. The molecule has 0 spiro atoms. The molecule has 0 N–H and O–H groups in total. The fourth-order valence-corrected chi connectivity index (χ4v) is 2.53. The Labute approximate surface area is 135 Å². The normalized spacial score (nSPS) is 15.5. The maximum absolute atomic E-state index is 6.11. The first-order valence-electron chi connectivity index (χ1n) is 7.05. The molecule has 3 rings (SSSR count). The maximum atomic E-state index is 6.11. The molecule has 0 aliphatic heterocycles. The molecule has 110 valence electrons. The molecule has 0 heterocycles. The molecule has 22 heavy (non-hydrogen) atoms. The number of aryl methyl sites for hydroxylation is 1. The zero-order valence-electron chi connectivity index (χ0n) is 12.6. The average Bonchev–Trinajstić information content (AvgIpc) is 2.53. The van der Waals surface area contributed by atoms with Gasteiger partial charge in [0.05, 0.1) is 0 Å². The first-order chi connectivity index (χ1) is 10.6. The van der Waals surface area contributed by atoms with Crippen molar-refractivity contribution < 1.29 is 4.84 Å². The third-order valence-corrected chi connectivity index (χ3v) is 4.16. The Hall–Kier alpha value is -2.32. The van der Waals surface area contributed by atoms with Crippen LogP contribution in [0.4, 0.5) is 0 Å². The summed E-state index contributed by atoms with van der Waals surface area (Å²) in [5.74, 6) is 0.621. The number of nitrogens with zero attached hydrogens (tertiary/aromatic N) is 1. The largest absolute Gasteiger partial charge is 0.356 e. The van der Waals surface area contributed by atoms with Crippen LogP contribution in [0.5, 0.6) is 5.75 Å². The van der Waals surface area contributed by atoms with Crippen molar-refractivity contribution in [2.75, 3.05) is 0 Å². The number of fused-ring (bicyclic) bond motifs is 1. The van der Waals surface area contributed by atoms with E-state index in [0.717, 1.165) is 33.5 Å².